The first kappa shape index (κ1) is 17.0. The third-order valence-corrected chi connectivity index (χ3v) is 4.38. The first-order chi connectivity index (χ1) is 11.9. The Hall–Kier alpha value is -2.83. The minimum Gasteiger partial charge on any atom is -0.339 e. The summed E-state index contributed by atoms with van der Waals surface area (Å²) < 4.78 is 28.5. The number of rotatable bonds is 4. The first-order valence-corrected chi connectivity index (χ1v) is 7.86. The average Bonchev–Trinajstić information content (AvgIpc) is 2.97. The minimum atomic E-state index is -0.617. The molecule has 0 aliphatic heterocycles. The number of amides is 1. The summed E-state index contributed by atoms with van der Waals surface area (Å²) in [5.41, 5.74) is 1.48. The van der Waals surface area contributed by atoms with Crippen molar-refractivity contribution in [1.29, 1.82) is 0 Å². The molecule has 1 atom stereocenters. The van der Waals surface area contributed by atoms with E-state index in [1.165, 1.54) is 12.1 Å². The number of halogens is 2. The molecule has 1 amide bonds. The molecule has 5 nitrogen and oxygen atoms in total. The Morgan fingerprint density at radius 1 is 1.32 bits per heavy atom. The summed E-state index contributed by atoms with van der Waals surface area (Å²) in [6, 6.07) is 4.85. The van der Waals surface area contributed by atoms with Crippen molar-refractivity contribution in [3.05, 3.63) is 59.4 Å². The van der Waals surface area contributed by atoms with E-state index in [-0.39, 0.29) is 18.4 Å². The number of pyridine rings is 1. The predicted molar refractivity (Wildman–Crippen MR) is 90.1 cm³/mol. The van der Waals surface area contributed by atoms with Crippen molar-refractivity contribution >= 4 is 16.9 Å². The smallest absolute Gasteiger partial charge is 0.254 e. The van der Waals surface area contributed by atoms with Crippen molar-refractivity contribution < 1.29 is 13.6 Å². The van der Waals surface area contributed by atoms with Crippen molar-refractivity contribution in [3.63, 3.8) is 0 Å². The van der Waals surface area contributed by atoms with Crippen LogP contribution in [-0.4, -0.2) is 38.7 Å². The van der Waals surface area contributed by atoms with Gasteiger partial charge in [0.25, 0.3) is 5.91 Å². The van der Waals surface area contributed by atoms with Crippen LogP contribution in [0.2, 0.25) is 0 Å². The number of carbonyl (C=O) groups is 1. The lowest BCUT2D eigenvalue weighted by Gasteiger charge is -2.25. The third-order valence-electron chi connectivity index (χ3n) is 4.38. The molecule has 2 aromatic heterocycles. The van der Waals surface area contributed by atoms with Gasteiger partial charge in [0.15, 0.2) is 5.65 Å². The van der Waals surface area contributed by atoms with Crippen molar-refractivity contribution in [2.75, 3.05) is 7.05 Å². The van der Waals surface area contributed by atoms with Gasteiger partial charge in [0, 0.05) is 32.4 Å². The van der Waals surface area contributed by atoms with E-state index in [1.807, 2.05) is 6.92 Å². The number of nitrogens with zero attached hydrogens (tertiary/aromatic N) is 4. The molecule has 0 aliphatic rings. The maximum Gasteiger partial charge on any atom is 0.254 e. The zero-order chi connectivity index (χ0) is 18.1. The number of hydrogen-bond acceptors (Lipinski definition) is 3. The summed E-state index contributed by atoms with van der Waals surface area (Å²) in [6.07, 6.45) is 3.46. The Labute approximate surface area is 143 Å². The second-order valence-electron chi connectivity index (χ2n) is 6.07. The maximum absolute atomic E-state index is 13.8. The molecule has 0 bridgehead atoms. The zero-order valence-corrected chi connectivity index (χ0v) is 14.2. The molecule has 0 fully saturated rings. The van der Waals surface area contributed by atoms with E-state index in [9.17, 15) is 13.6 Å². The van der Waals surface area contributed by atoms with Crippen molar-refractivity contribution in [2.24, 2.45) is 7.05 Å². The van der Waals surface area contributed by atoms with Gasteiger partial charge in [-0.05, 0) is 31.0 Å². The molecule has 2 heterocycles. The Morgan fingerprint density at radius 2 is 2.08 bits per heavy atom. The molecule has 0 spiro atoms. The molecule has 0 saturated carbocycles. The van der Waals surface area contributed by atoms with Gasteiger partial charge in [-0.3, -0.25) is 9.48 Å². The average molecular weight is 344 g/mol. The number of benzene rings is 1. The van der Waals surface area contributed by atoms with Crippen molar-refractivity contribution in [1.82, 2.24) is 19.7 Å². The molecule has 7 heteroatoms. The largest absolute Gasteiger partial charge is 0.339 e. The summed E-state index contributed by atoms with van der Waals surface area (Å²) in [6.45, 7) is 1.82. The number of hydrogen-bond donors (Lipinski definition) is 0. The normalized spacial score (nSPS) is 12.4. The van der Waals surface area contributed by atoms with Gasteiger partial charge in [-0.1, -0.05) is 6.07 Å². The van der Waals surface area contributed by atoms with E-state index in [2.05, 4.69) is 10.1 Å². The molecule has 0 radical (unpaired) electrons. The molecule has 1 aromatic carbocycles. The number of carbonyl (C=O) groups excluding carboxylic acids is 1. The minimum absolute atomic E-state index is 0.199. The van der Waals surface area contributed by atoms with E-state index >= 15 is 0 Å². The molecule has 25 heavy (non-hydrogen) atoms. The van der Waals surface area contributed by atoms with Gasteiger partial charge in [0.2, 0.25) is 0 Å². The molecule has 0 N–H and O–H groups in total. The summed E-state index contributed by atoms with van der Waals surface area (Å²) >= 11 is 0. The van der Waals surface area contributed by atoms with E-state index in [4.69, 9.17) is 0 Å². The fraction of sp³-hybridized carbons (Fsp3) is 0.278. The molecule has 0 aliphatic carbocycles. The molecule has 3 rings (SSSR count). The van der Waals surface area contributed by atoms with Crippen LogP contribution in [0.1, 0.15) is 22.8 Å². The van der Waals surface area contributed by atoms with E-state index < -0.39 is 11.6 Å². The highest BCUT2D eigenvalue weighted by atomic mass is 19.1. The van der Waals surface area contributed by atoms with E-state index in [0.717, 1.165) is 6.07 Å². The van der Waals surface area contributed by atoms with Crippen LogP contribution < -0.4 is 0 Å². The van der Waals surface area contributed by atoms with Gasteiger partial charge in [0.1, 0.15) is 11.6 Å². The fourth-order valence-corrected chi connectivity index (χ4v) is 2.77. The number of aromatic nitrogens is 3. The van der Waals surface area contributed by atoms with Gasteiger partial charge in [-0.2, -0.15) is 5.10 Å². The number of fused-ring (bicyclic) bond motifs is 1. The Bertz CT molecular complexity index is 938. The molecule has 1 unspecified atom stereocenters. The molecule has 130 valence electrons. The first-order valence-electron chi connectivity index (χ1n) is 7.86. The highest BCUT2D eigenvalue weighted by Crippen LogP contribution is 2.19. The summed E-state index contributed by atoms with van der Waals surface area (Å²) in [7, 11) is 3.42. The highest BCUT2D eigenvalue weighted by Gasteiger charge is 2.22. The summed E-state index contributed by atoms with van der Waals surface area (Å²) in [5.74, 6) is -1.42. The Morgan fingerprint density at radius 3 is 2.80 bits per heavy atom. The SMILES string of the molecule is CC(Cc1ccc(F)cc1F)N(C)C(=O)c1ccnc2c1cnn2C. The van der Waals surface area contributed by atoms with Crippen molar-refractivity contribution in [3.8, 4) is 0 Å². The van der Waals surface area contributed by atoms with Gasteiger partial charge in [-0.15, -0.1) is 0 Å². The molecule has 3 aromatic rings. The maximum atomic E-state index is 13.8. The van der Waals surface area contributed by atoms with Crippen LogP contribution in [0.4, 0.5) is 8.78 Å². The van der Waals surface area contributed by atoms with Crippen molar-refractivity contribution in [2.45, 2.75) is 19.4 Å². The van der Waals surface area contributed by atoms with Crippen LogP contribution in [-0.2, 0) is 13.5 Å². The Kier molecular flexibility index (Phi) is 4.48. The predicted octanol–water partition coefficient (Wildman–Crippen LogP) is 2.95. The summed E-state index contributed by atoms with van der Waals surface area (Å²) in [5, 5.41) is 4.80. The monoisotopic (exact) mass is 344 g/mol. The highest BCUT2D eigenvalue weighted by molar-refractivity contribution is 6.05. The number of likely N-dealkylation sites (N-methyl/N-ethyl adjacent to an activating group) is 1. The quantitative estimate of drug-likeness (QED) is 0.731. The lowest BCUT2D eigenvalue weighted by Crippen LogP contribution is -2.36. The number of aryl methyl sites for hydroxylation is 1. The lowest BCUT2D eigenvalue weighted by molar-refractivity contribution is 0.0744. The van der Waals surface area contributed by atoms with Gasteiger partial charge >= 0.3 is 0 Å². The second kappa shape index (κ2) is 6.58. The van der Waals surface area contributed by atoms with Gasteiger partial charge < -0.3 is 4.90 Å². The topological polar surface area (TPSA) is 51.0 Å². The van der Waals surface area contributed by atoms with Crippen LogP contribution in [0, 0.1) is 11.6 Å². The van der Waals surface area contributed by atoms with Crippen LogP contribution in [0.5, 0.6) is 0 Å². The van der Waals surface area contributed by atoms with Crippen LogP contribution >= 0.6 is 0 Å². The lowest BCUT2D eigenvalue weighted by atomic mass is 10.0. The second-order valence-corrected chi connectivity index (χ2v) is 6.07. The third kappa shape index (κ3) is 3.22. The molecule has 0 saturated heterocycles. The standard InChI is InChI=1S/C18H18F2N4O/c1-11(8-12-4-5-13(19)9-16(12)20)23(2)18(25)14-6-7-21-17-15(14)10-22-24(17)3/h4-7,9-11H,8H2,1-3H3. The van der Waals surface area contributed by atoms with Crippen LogP contribution in [0.25, 0.3) is 11.0 Å². The fourth-order valence-electron chi connectivity index (χ4n) is 2.77. The van der Waals surface area contributed by atoms with Gasteiger partial charge in [-0.25, -0.2) is 13.8 Å². The molecular formula is C18H18F2N4O. The van der Waals surface area contributed by atoms with E-state index in [1.54, 1.807) is 42.1 Å². The van der Waals surface area contributed by atoms with Gasteiger partial charge in [0.05, 0.1) is 17.1 Å². The van der Waals surface area contributed by atoms with Crippen LogP contribution in [0.3, 0.4) is 0 Å². The zero-order valence-electron chi connectivity index (χ0n) is 14.2. The Balaban J connectivity index is 1.83. The molecular weight excluding hydrogens is 326 g/mol. The summed E-state index contributed by atoms with van der Waals surface area (Å²) in [4.78, 5) is 18.6. The van der Waals surface area contributed by atoms with Crippen LogP contribution in [0.15, 0.2) is 36.7 Å². The van der Waals surface area contributed by atoms with E-state index in [0.29, 0.717) is 22.2 Å².